The van der Waals surface area contributed by atoms with Crippen LogP contribution in [0.1, 0.15) is 55.2 Å². The lowest BCUT2D eigenvalue weighted by molar-refractivity contribution is 0.0935. The Balaban J connectivity index is 1.88. The maximum atomic E-state index is 12.1. The van der Waals surface area contributed by atoms with Crippen LogP contribution in [0.5, 0.6) is 0 Å². The molecule has 2 rings (SSSR count). The molecule has 1 atom stereocenters. The summed E-state index contributed by atoms with van der Waals surface area (Å²) in [7, 11) is 0. The molecule has 1 unspecified atom stereocenters. The van der Waals surface area contributed by atoms with E-state index < -0.39 is 0 Å². The summed E-state index contributed by atoms with van der Waals surface area (Å²) in [5.74, 6) is 2.47. The molecule has 0 spiro atoms. The van der Waals surface area contributed by atoms with Crippen molar-refractivity contribution >= 4 is 23.4 Å². The van der Waals surface area contributed by atoms with Gasteiger partial charge in [0.15, 0.2) is 5.69 Å². The Hall–Kier alpha value is -1.17. The minimum atomic E-state index is -0.172. The van der Waals surface area contributed by atoms with E-state index in [1.54, 1.807) is 0 Å². The van der Waals surface area contributed by atoms with Crippen LogP contribution in [0.25, 0.3) is 0 Å². The fourth-order valence-electron chi connectivity index (χ4n) is 1.99. The topological polar surface area (TPSA) is 83.8 Å². The molecule has 0 aliphatic heterocycles. The standard InChI is InChI=1S/C13H22N4OS/c1-3-19-7-6-8(2)15-13(18)12-10(14)11(16-17-12)9-4-5-9/h8-9H,3-7,14H2,1-2H3,(H,15,18)(H,16,17). The minimum Gasteiger partial charge on any atom is -0.395 e. The zero-order chi connectivity index (χ0) is 13.8. The number of nitrogens with zero attached hydrogens (tertiary/aromatic N) is 1. The van der Waals surface area contributed by atoms with Crippen LogP contribution in [-0.4, -0.2) is 33.7 Å². The van der Waals surface area contributed by atoms with Crippen molar-refractivity contribution in [3.63, 3.8) is 0 Å². The number of hydrogen-bond acceptors (Lipinski definition) is 4. The van der Waals surface area contributed by atoms with Crippen molar-refractivity contribution in [1.82, 2.24) is 15.5 Å². The lowest BCUT2D eigenvalue weighted by atomic mass is 10.2. The van der Waals surface area contributed by atoms with Crippen molar-refractivity contribution in [3.8, 4) is 0 Å². The number of hydrogen-bond donors (Lipinski definition) is 3. The van der Waals surface area contributed by atoms with Crippen molar-refractivity contribution < 1.29 is 4.79 Å². The van der Waals surface area contributed by atoms with Gasteiger partial charge in [-0.2, -0.15) is 16.9 Å². The average Bonchev–Trinajstić information content (AvgIpc) is 3.13. The van der Waals surface area contributed by atoms with E-state index in [0.717, 1.165) is 36.5 Å². The van der Waals surface area contributed by atoms with Gasteiger partial charge in [0, 0.05) is 12.0 Å². The number of rotatable bonds is 7. The normalized spacial score (nSPS) is 16.3. The first kappa shape index (κ1) is 14.2. The Morgan fingerprint density at radius 1 is 1.63 bits per heavy atom. The van der Waals surface area contributed by atoms with Crippen molar-refractivity contribution in [2.45, 2.75) is 45.1 Å². The Bertz CT molecular complexity index is 442. The Labute approximate surface area is 118 Å². The quantitative estimate of drug-likeness (QED) is 0.669. The highest BCUT2D eigenvalue weighted by atomic mass is 32.2. The molecule has 1 aliphatic rings. The number of amides is 1. The van der Waals surface area contributed by atoms with Gasteiger partial charge in [0.05, 0.1) is 11.4 Å². The number of nitrogen functional groups attached to an aromatic ring is 1. The predicted octanol–water partition coefficient (Wildman–Crippen LogP) is 2.13. The first-order valence-corrected chi connectivity index (χ1v) is 8.01. The Kier molecular flexibility index (Phi) is 4.74. The molecule has 1 aliphatic carbocycles. The second-order valence-electron chi connectivity index (χ2n) is 5.03. The van der Waals surface area contributed by atoms with Crippen LogP contribution < -0.4 is 11.1 Å². The number of carbonyl (C=O) groups is 1. The number of anilines is 1. The van der Waals surface area contributed by atoms with Crippen LogP contribution in [0.4, 0.5) is 5.69 Å². The number of aromatic amines is 1. The highest BCUT2D eigenvalue weighted by molar-refractivity contribution is 7.99. The van der Waals surface area contributed by atoms with Crippen molar-refractivity contribution in [1.29, 1.82) is 0 Å². The summed E-state index contributed by atoms with van der Waals surface area (Å²) in [6.07, 6.45) is 3.24. The summed E-state index contributed by atoms with van der Waals surface area (Å²) in [4.78, 5) is 12.1. The van der Waals surface area contributed by atoms with Crippen LogP contribution in [0.15, 0.2) is 0 Å². The molecule has 1 heterocycles. The number of carbonyl (C=O) groups excluding carboxylic acids is 1. The maximum absolute atomic E-state index is 12.1. The van der Waals surface area contributed by atoms with Gasteiger partial charge in [0.1, 0.15) is 0 Å². The van der Waals surface area contributed by atoms with Crippen LogP contribution >= 0.6 is 11.8 Å². The summed E-state index contributed by atoms with van der Waals surface area (Å²) in [5.41, 5.74) is 7.78. The lowest BCUT2D eigenvalue weighted by Gasteiger charge is -2.12. The van der Waals surface area contributed by atoms with Gasteiger partial charge in [0.2, 0.25) is 0 Å². The molecule has 19 heavy (non-hydrogen) atoms. The summed E-state index contributed by atoms with van der Waals surface area (Å²) in [5, 5.41) is 9.92. The van der Waals surface area contributed by atoms with Crippen molar-refractivity contribution in [2.24, 2.45) is 0 Å². The zero-order valence-corrected chi connectivity index (χ0v) is 12.3. The lowest BCUT2D eigenvalue weighted by Crippen LogP contribution is -2.33. The number of H-pyrrole nitrogens is 1. The van der Waals surface area contributed by atoms with Gasteiger partial charge in [0.25, 0.3) is 5.91 Å². The van der Waals surface area contributed by atoms with Gasteiger partial charge < -0.3 is 11.1 Å². The zero-order valence-electron chi connectivity index (χ0n) is 11.5. The fraction of sp³-hybridized carbons (Fsp3) is 0.692. The smallest absolute Gasteiger partial charge is 0.274 e. The summed E-state index contributed by atoms with van der Waals surface area (Å²) >= 11 is 1.88. The van der Waals surface area contributed by atoms with Crippen molar-refractivity contribution in [3.05, 3.63) is 11.4 Å². The van der Waals surface area contributed by atoms with Crippen LogP contribution in [0, 0.1) is 0 Å². The third kappa shape index (κ3) is 3.65. The molecule has 5 nitrogen and oxygen atoms in total. The largest absolute Gasteiger partial charge is 0.395 e. The van der Waals surface area contributed by atoms with Crippen molar-refractivity contribution in [2.75, 3.05) is 17.2 Å². The maximum Gasteiger partial charge on any atom is 0.274 e. The summed E-state index contributed by atoms with van der Waals surface area (Å²) in [6, 6.07) is 0.145. The van der Waals surface area contributed by atoms with Crippen LogP contribution in [0.3, 0.4) is 0 Å². The summed E-state index contributed by atoms with van der Waals surface area (Å²) < 4.78 is 0. The first-order chi connectivity index (χ1) is 9.13. The predicted molar refractivity (Wildman–Crippen MR) is 79.5 cm³/mol. The first-order valence-electron chi connectivity index (χ1n) is 6.85. The van der Waals surface area contributed by atoms with E-state index in [9.17, 15) is 4.79 Å². The van der Waals surface area contributed by atoms with E-state index in [2.05, 4.69) is 22.4 Å². The third-order valence-corrected chi connectivity index (χ3v) is 4.24. The van der Waals surface area contributed by atoms with E-state index >= 15 is 0 Å². The molecule has 106 valence electrons. The number of nitrogens with two attached hydrogens (primary N) is 1. The molecular formula is C13H22N4OS. The van der Waals surface area contributed by atoms with E-state index in [0.29, 0.717) is 17.3 Å². The minimum absolute atomic E-state index is 0.145. The Morgan fingerprint density at radius 2 is 2.37 bits per heavy atom. The van der Waals surface area contributed by atoms with E-state index in [1.807, 2.05) is 18.7 Å². The third-order valence-electron chi connectivity index (χ3n) is 3.31. The molecule has 0 bridgehead atoms. The summed E-state index contributed by atoms with van der Waals surface area (Å²) in [6.45, 7) is 4.15. The highest BCUT2D eigenvalue weighted by Gasteiger charge is 2.30. The number of nitrogens with one attached hydrogen (secondary N) is 2. The highest BCUT2D eigenvalue weighted by Crippen LogP contribution is 2.42. The van der Waals surface area contributed by atoms with Crippen LogP contribution in [-0.2, 0) is 0 Å². The molecule has 1 aromatic rings. The molecule has 1 aromatic heterocycles. The SMILES string of the molecule is CCSCCC(C)NC(=O)c1n[nH]c(C2CC2)c1N. The average molecular weight is 282 g/mol. The molecule has 6 heteroatoms. The van der Waals surface area contributed by atoms with Crippen LogP contribution in [0.2, 0.25) is 0 Å². The second kappa shape index (κ2) is 6.32. The number of thioether (sulfide) groups is 1. The molecule has 0 radical (unpaired) electrons. The molecule has 1 amide bonds. The van der Waals surface area contributed by atoms with Gasteiger partial charge in [-0.15, -0.1) is 0 Å². The molecule has 4 N–H and O–H groups in total. The van der Waals surface area contributed by atoms with Gasteiger partial charge in [-0.25, -0.2) is 0 Å². The second-order valence-corrected chi connectivity index (χ2v) is 6.43. The van der Waals surface area contributed by atoms with E-state index in [4.69, 9.17) is 5.73 Å². The number of aromatic nitrogens is 2. The monoisotopic (exact) mass is 282 g/mol. The van der Waals surface area contributed by atoms with Gasteiger partial charge in [-0.05, 0) is 37.7 Å². The molecule has 0 aromatic carbocycles. The van der Waals surface area contributed by atoms with E-state index in [-0.39, 0.29) is 11.9 Å². The molecule has 1 saturated carbocycles. The molecular weight excluding hydrogens is 260 g/mol. The van der Waals surface area contributed by atoms with Gasteiger partial charge in [-0.1, -0.05) is 6.92 Å². The molecule has 0 saturated heterocycles. The molecule has 1 fully saturated rings. The van der Waals surface area contributed by atoms with Gasteiger partial charge in [-0.3, -0.25) is 9.89 Å². The Morgan fingerprint density at radius 3 is 3.00 bits per heavy atom. The van der Waals surface area contributed by atoms with Gasteiger partial charge >= 0.3 is 0 Å². The van der Waals surface area contributed by atoms with E-state index in [1.165, 1.54) is 0 Å². The fourth-order valence-corrected chi connectivity index (χ4v) is 2.80.